The van der Waals surface area contributed by atoms with Crippen LogP contribution in [0.4, 0.5) is 5.69 Å². The van der Waals surface area contributed by atoms with E-state index in [1.807, 2.05) is 19.9 Å². The van der Waals surface area contributed by atoms with E-state index in [-0.39, 0.29) is 17.6 Å². The number of hydrazine groups is 1. The maximum absolute atomic E-state index is 13.6. The summed E-state index contributed by atoms with van der Waals surface area (Å²) < 4.78 is 26.1. The van der Waals surface area contributed by atoms with Gasteiger partial charge in [0.25, 0.3) is 5.91 Å². The van der Waals surface area contributed by atoms with E-state index in [4.69, 9.17) is 10.8 Å². The number of benzene rings is 1. The maximum atomic E-state index is 13.6. The minimum atomic E-state index is -3.53. The van der Waals surface area contributed by atoms with Crippen molar-refractivity contribution in [3.05, 3.63) is 65.3 Å². The van der Waals surface area contributed by atoms with Crippen molar-refractivity contribution in [2.45, 2.75) is 45.6 Å². The predicted molar refractivity (Wildman–Crippen MR) is 139 cm³/mol. The zero-order chi connectivity index (χ0) is 25.3. The summed E-state index contributed by atoms with van der Waals surface area (Å²) in [5, 5.41) is 1.62. The zero-order valence-corrected chi connectivity index (χ0v) is 21.4. The maximum Gasteiger partial charge on any atom is 0.256 e. The normalized spacial score (nSPS) is 22.2. The van der Waals surface area contributed by atoms with Gasteiger partial charge >= 0.3 is 0 Å². The minimum Gasteiger partial charge on any atom is -0.356 e. The van der Waals surface area contributed by atoms with Crippen molar-refractivity contribution in [1.82, 2.24) is 14.8 Å². The molecule has 2 saturated heterocycles. The van der Waals surface area contributed by atoms with E-state index in [9.17, 15) is 13.2 Å². The molecular weight excluding hydrogens is 464 g/mol. The first-order valence-electron chi connectivity index (χ1n) is 11.9. The Morgan fingerprint density at radius 3 is 2.54 bits per heavy atom. The van der Waals surface area contributed by atoms with Crippen LogP contribution in [0.15, 0.2) is 64.7 Å². The number of para-hydroxylation sites is 1. The van der Waals surface area contributed by atoms with Gasteiger partial charge in [-0.25, -0.2) is 24.3 Å². The van der Waals surface area contributed by atoms with Crippen LogP contribution >= 0.6 is 0 Å². The number of nitrogens with zero attached hydrogens (tertiary/aromatic N) is 4. The van der Waals surface area contributed by atoms with Crippen LogP contribution in [0.2, 0.25) is 0 Å². The molecule has 3 aliphatic heterocycles. The number of carbonyl (C=O) groups is 1. The average molecular weight is 499 g/mol. The topological polar surface area (TPSA) is 111 Å². The molecule has 188 valence electrons. The van der Waals surface area contributed by atoms with E-state index >= 15 is 0 Å². The first-order valence-corrected chi connectivity index (χ1v) is 13.8. The summed E-state index contributed by atoms with van der Waals surface area (Å²) >= 11 is 0. The second-order valence-corrected chi connectivity index (χ2v) is 11.1. The Labute approximate surface area is 207 Å². The van der Waals surface area contributed by atoms with Crippen molar-refractivity contribution in [2.75, 3.05) is 30.6 Å². The summed E-state index contributed by atoms with van der Waals surface area (Å²) in [6, 6.07) is 6.44. The van der Waals surface area contributed by atoms with E-state index in [1.54, 1.807) is 34.2 Å². The van der Waals surface area contributed by atoms with Crippen LogP contribution in [0.1, 0.15) is 49.9 Å². The highest BCUT2D eigenvalue weighted by Gasteiger charge is 2.32. The SMILES string of the molecule is C=C(/C=C1/N=C(C)C(C)=C(N2CCC2)N1N)[C@@H]1CCCCN1C(=O)c1ccccc1NS(C)(=O)=O. The molecule has 1 atom stereocenters. The Kier molecular flexibility index (Phi) is 7.05. The number of carbonyl (C=O) groups excluding carboxylic acids is 1. The van der Waals surface area contributed by atoms with Crippen molar-refractivity contribution in [3.63, 3.8) is 0 Å². The van der Waals surface area contributed by atoms with E-state index in [0.29, 0.717) is 17.9 Å². The summed E-state index contributed by atoms with van der Waals surface area (Å²) in [6.45, 7) is 10.8. The Morgan fingerprint density at radius 2 is 1.89 bits per heavy atom. The van der Waals surface area contributed by atoms with Gasteiger partial charge in [0.2, 0.25) is 10.0 Å². The summed E-state index contributed by atoms with van der Waals surface area (Å²) in [4.78, 5) is 22.3. The fourth-order valence-electron chi connectivity index (χ4n) is 4.72. The molecule has 4 rings (SSSR count). The number of nitrogens with one attached hydrogen (secondary N) is 1. The third kappa shape index (κ3) is 5.28. The molecule has 0 saturated carbocycles. The van der Waals surface area contributed by atoms with E-state index in [0.717, 1.165) is 67.7 Å². The molecule has 0 spiro atoms. The van der Waals surface area contributed by atoms with Crippen molar-refractivity contribution in [3.8, 4) is 0 Å². The largest absolute Gasteiger partial charge is 0.356 e. The zero-order valence-electron chi connectivity index (χ0n) is 20.6. The number of likely N-dealkylation sites (tertiary alicyclic amines) is 2. The molecule has 3 aliphatic rings. The molecular formula is C25H34N6O3S. The Morgan fingerprint density at radius 1 is 1.17 bits per heavy atom. The van der Waals surface area contributed by atoms with Crippen LogP contribution in [-0.2, 0) is 10.0 Å². The van der Waals surface area contributed by atoms with Crippen LogP contribution < -0.4 is 10.6 Å². The van der Waals surface area contributed by atoms with Crippen LogP contribution in [-0.4, -0.2) is 66.8 Å². The number of piperidine rings is 1. The quantitative estimate of drug-likeness (QED) is 0.583. The molecule has 35 heavy (non-hydrogen) atoms. The number of allylic oxidation sites excluding steroid dienone is 1. The monoisotopic (exact) mass is 498 g/mol. The van der Waals surface area contributed by atoms with Crippen LogP contribution in [0.5, 0.6) is 0 Å². The van der Waals surface area contributed by atoms with Crippen molar-refractivity contribution < 1.29 is 13.2 Å². The summed E-state index contributed by atoms with van der Waals surface area (Å²) in [5.74, 6) is 7.82. The molecule has 10 heteroatoms. The van der Waals surface area contributed by atoms with Gasteiger partial charge in [-0.05, 0) is 63.3 Å². The minimum absolute atomic E-state index is 0.231. The number of hydrogen-bond donors (Lipinski definition) is 2. The van der Waals surface area contributed by atoms with E-state index in [2.05, 4.69) is 16.2 Å². The Hall–Kier alpha value is -3.11. The molecule has 3 heterocycles. The highest BCUT2D eigenvalue weighted by Crippen LogP contribution is 2.31. The third-order valence-corrected chi connectivity index (χ3v) is 7.34. The molecule has 3 N–H and O–H groups in total. The summed E-state index contributed by atoms with van der Waals surface area (Å²) in [6.07, 6.45) is 6.68. The van der Waals surface area contributed by atoms with Gasteiger partial charge in [-0.1, -0.05) is 18.7 Å². The van der Waals surface area contributed by atoms with Crippen molar-refractivity contribution in [1.29, 1.82) is 0 Å². The number of nitrogens with two attached hydrogens (primary N) is 1. The molecule has 0 unspecified atom stereocenters. The molecule has 2 fully saturated rings. The lowest BCUT2D eigenvalue weighted by Gasteiger charge is -2.42. The van der Waals surface area contributed by atoms with Gasteiger partial charge in [-0.3, -0.25) is 9.52 Å². The first kappa shape index (κ1) is 25.0. The number of hydrogen-bond acceptors (Lipinski definition) is 7. The predicted octanol–water partition coefficient (Wildman–Crippen LogP) is 3.04. The van der Waals surface area contributed by atoms with E-state index in [1.165, 1.54) is 0 Å². The smallest absolute Gasteiger partial charge is 0.256 e. The third-order valence-electron chi connectivity index (χ3n) is 6.75. The molecule has 9 nitrogen and oxygen atoms in total. The summed E-state index contributed by atoms with van der Waals surface area (Å²) in [5.41, 5.74) is 3.30. The van der Waals surface area contributed by atoms with Gasteiger partial charge in [-0.2, -0.15) is 0 Å². The molecule has 0 bridgehead atoms. The number of anilines is 1. The van der Waals surface area contributed by atoms with E-state index < -0.39 is 10.0 Å². The number of rotatable bonds is 6. The van der Waals surface area contributed by atoms with Crippen molar-refractivity contribution >= 4 is 27.3 Å². The Balaban J connectivity index is 1.61. The van der Waals surface area contributed by atoms with Crippen LogP contribution in [0, 0.1) is 0 Å². The number of amides is 1. The fourth-order valence-corrected chi connectivity index (χ4v) is 5.29. The molecule has 0 radical (unpaired) electrons. The second-order valence-electron chi connectivity index (χ2n) is 9.36. The van der Waals surface area contributed by atoms with Crippen molar-refractivity contribution in [2.24, 2.45) is 10.8 Å². The average Bonchev–Trinajstić information content (AvgIpc) is 2.77. The molecule has 1 amide bonds. The molecule has 0 aliphatic carbocycles. The summed E-state index contributed by atoms with van der Waals surface area (Å²) in [7, 11) is -3.53. The molecule has 1 aromatic rings. The fraction of sp³-hybridized carbons (Fsp3) is 0.440. The lowest BCUT2D eigenvalue weighted by atomic mass is 9.94. The Bertz CT molecular complexity index is 1230. The van der Waals surface area contributed by atoms with Crippen LogP contribution in [0.3, 0.4) is 0 Å². The second kappa shape index (κ2) is 9.87. The highest BCUT2D eigenvalue weighted by atomic mass is 32.2. The lowest BCUT2D eigenvalue weighted by molar-refractivity contribution is 0.0657. The number of sulfonamides is 1. The first-order chi connectivity index (χ1) is 16.6. The van der Waals surface area contributed by atoms with Gasteiger partial charge in [0.15, 0.2) is 0 Å². The number of aliphatic imine (C=N–C) groups is 1. The van der Waals surface area contributed by atoms with Gasteiger partial charge < -0.3 is 9.80 Å². The van der Waals surface area contributed by atoms with Crippen LogP contribution in [0.25, 0.3) is 0 Å². The van der Waals surface area contributed by atoms with Gasteiger partial charge in [-0.15, -0.1) is 0 Å². The standard InChI is InChI=1S/C25H34N6O3S/c1-17(16-23-27-19(3)18(2)24(31(23)26)29-13-9-14-29)22-12-7-8-15-30(22)25(32)20-10-5-6-11-21(20)28-35(4,33)34/h5-6,10-11,16,22,28H,1,7-9,12-15,26H2,2-4H3/b23-16-/t22-/m0/s1. The van der Waals surface area contributed by atoms with Gasteiger partial charge in [0, 0.05) is 30.9 Å². The van der Waals surface area contributed by atoms with Gasteiger partial charge in [0.1, 0.15) is 11.6 Å². The highest BCUT2D eigenvalue weighted by molar-refractivity contribution is 7.92. The molecule has 0 aromatic heterocycles. The molecule has 1 aromatic carbocycles. The lowest BCUT2D eigenvalue weighted by Crippen LogP contribution is -2.48. The van der Waals surface area contributed by atoms with Gasteiger partial charge in [0.05, 0.1) is 23.5 Å².